The molecule has 2 aromatic rings. The van der Waals surface area contributed by atoms with Crippen molar-refractivity contribution in [1.82, 2.24) is 4.72 Å². The number of aromatic carboxylic acids is 1. The highest BCUT2D eigenvalue weighted by Crippen LogP contribution is 2.30. The van der Waals surface area contributed by atoms with Gasteiger partial charge in [-0.05, 0) is 36.8 Å². The van der Waals surface area contributed by atoms with E-state index in [-0.39, 0.29) is 28.9 Å². The smallest absolute Gasteiger partial charge is 0.372 e. The van der Waals surface area contributed by atoms with Crippen molar-refractivity contribution in [3.05, 3.63) is 47.4 Å². The number of hydrogen-bond donors (Lipinski definition) is 2. The van der Waals surface area contributed by atoms with Gasteiger partial charge in [0.2, 0.25) is 15.8 Å². The number of carboxylic acids is 1. The SMILES string of the molecule is CC1Cc2cc(S(=O)(=O)NCc3ccoc3C(=O)O)ccc2O1. The van der Waals surface area contributed by atoms with Crippen LogP contribution in [-0.2, 0) is 23.0 Å². The second-order valence-corrected chi connectivity index (χ2v) is 7.07. The van der Waals surface area contributed by atoms with Crippen LogP contribution in [0.1, 0.15) is 28.6 Å². The quantitative estimate of drug-likeness (QED) is 0.861. The van der Waals surface area contributed by atoms with E-state index in [1.165, 1.54) is 18.4 Å². The van der Waals surface area contributed by atoms with Crippen molar-refractivity contribution < 1.29 is 27.5 Å². The zero-order chi connectivity index (χ0) is 16.6. The molecular weight excluding hydrogens is 322 g/mol. The van der Waals surface area contributed by atoms with Gasteiger partial charge < -0.3 is 14.3 Å². The van der Waals surface area contributed by atoms with Gasteiger partial charge in [0.1, 0.15) is 11.9 Å². The van der Waals surface area contributed by atoms with Gasteiger partial charge in [0.15, 0.2) is 0 Å². The van der Waals surface area contributed by atoms with Gasteiger partial charge in [-0.25, -0.2) is 17.9 Å². The van der Waals surface area contributed by atoms with Crippen molar-refractivity contribution in [3.8, 4) is 5.75 Å². The Morgan fingerprint density at radius 3 is 2.91 bits per heavy atom. The Morgan fingerprint density at radius 2 is 2.17 bits per heavy atom. The maximum absolute atomic E-state index is 12.4. The summed E-state index contributed by atoms with van der Waals surface area (Å²) in [4.78, 5) is 11.1. The van der Waals surface area contributed by atoms with Crippen LogP contribution in [-0.4, -0.2) is 25.6 Å². The molecule has 8 heteroatoms. The lowest BCUT2D eigenvalue weighted by molar-refractivity contribution is 0.0660. The zero-order valence-corrected chi connectivity index (χ0v) is 13.1. The molecule has 0 saturated heterocycles. The highest BCUT2D eigenvalue weighted by Gasteiger charge is 2.23. The Morgan fingerprint density at radius 1 is 1.39 bits per heavy atom. The number of ether oxygens (including phenoxy) is 1. The second kappa shape index (κ2) is 5.71. The van der Waals surface area contributed by atoms with Crippen LogP contribution in [0.2, 0.25) is 0 Å². The average Bonchev–Trinajstić information content (AvgIpc) is 3.09. The maximum Gasteiger partial charge on any atom is 0.372 e. The van der Waals surface area contributed by atoms with Crippen LogP contribution < -0.4 is 9.46 Å². The first-order chi connectivity index (χ1) is 10.9. The number of nitrogens with one attached hydrogen (secondary N) is 1. The molecule has 1 aliphatic heterocycles. The van der Waals surface area contributed by atoms with E-state index in [2.05, 4.69) is 4.72 Å². The second-order valence-electron chi connectivity index (χ2n) is 5.31. The molecule has 23 heavy (non-hydrogen) atoms. The van der Waals surface area contributed by atoms with E-state index in [1.54, 1.807) is 12.1 Å². The fourth-order valence-electron chi connectivity index (χ4n) is 2.48. The number of carbonyl (C=O) groups is 1. The minimum atomic E-state index is -3.76. The minimum absolute atomic E-state index is 0.0277. The summed E-state index contributed by atoms with van der Waals surface area (Å²) in [6, 6.07) is 6.10. The Bertz CT molecular complexity index is 855. The fourth-order valence-corrected chi connectivity index (χ4v) is 3.54. The number of carboxylic acid groups (broad SMARTS) is 1. The van der Waals surface area contributed by atoms with E-state index in [9.17, 15) is 13.2 Å². The first-order valence-corrected chi connectivity index (χ1v) is 8.44. The summed E-state index contributed by atoms with van der Waals surface area (Å²) in [5.41, 5.74) is 1.11. The number of furan rings is 1. The largest absolute Gasteiger partial charge is 0.490 e. The van der Waals surface area contributed by atoms with Gasteiger partial charge in [-0.1, -0.05) is 0 Å². The van der Waals surface area contributed by atoms with Gasteiger partial charge in [-0.15, -0.1) is 0 Å². The highest BCUT2D eigenvalue weighted by molar-refractivity contribution is 7.89. The summed E-state index contributed by atoms with van der Waals surface area (Å²) in [6.07, 6.45) is 1.89. The lowest BCUT2D eigenvalue weighted by atomic mass is 10.1. The van der Waals surface area contributed by atoms with Gasteiger partial charge >= 0.3 is 5.97 Å². The molecule has 1 aromatic heterocycles. The maximum atomic E-state index is 12.4. The number of fused-ring (bicyclic) bond motifs is 1. The molecule has 3 rings (SSSR count). The van der Waals surface area contributed by atoms with E-state index in [0.29, 0.717) is 12.2 Å². The average molecular weight is 337 g/mol. The van der Waals surface area contributed by atoms with Crippen LogP contribution >= 0.6 is 0 Å². The van der Waals surface area contributed by atoms with E-state index in [4.69, 9.17) is 14.3 Å². The van der Waals surface area contributed by atoms with Gasteiger partial charge in [0.25, 0.3) is 0 Å². The van der Waals surface area contributed by atoms with Gasteiger partial charge in [0, 0.05) is 18.5 Å². The molecule has 0 spiro atoms. The molecule has 1 unspecified atom stereocenters. The summed E-state index contributed by atoms with van der Waals surface area (Å²) >= 11 is 0. The fraction of sp³-hybridized carbons (Fsp3) is 0.267. The number of hydrogen-bond acceptors (Lipinski definition) is 5. The summed E-state index contributed by atoms with van der Waals surface area (Å²) in [5.74, 6) is -0.823. The van der Waals surface area contributed by atoms with Crippen LogP contribution in [0.3, 0.4) is 0 Å². The molecule has 2 heterocycles. The lowest BCUT2D eigenvalue weighted by Gasteiger charge is -2.07. The van der Waals surface area contributed by atoms with E-state index in [0.717, 1.165) is 5.56 Å². The molecule has 0 fully saturated rings. The first kappa shape index (κ1) is 15.6. The van der Waals surface area contributed by atoms with Gasteiger partial charge in [-0.2, -0.15) is 0 Å². The van der Waals surface area contributed by atoms with Crippen LogP contribution in [0, 0.1) is 0 Å². The molecule has 1 aromatic carbocycles. The Balaban J connectivity index is 1.79. The van der Waals surface area contributed by atoms with E-state index >= 15 is 0 Å². The summed E-state index contributed by atoms with van der Waals surface area (Å²) in [6.45, 7) is 1.75. The molecule has 0 radical (unpaired) electrons. The molecular formula is C15H15NO6S. The van der Waals surface area contributed by atoms with Crippen molar-refractivity contribution in [1.29, 1.82) is 0 Å². The van der Waals surface area contributed by atoms with Gasteiger partial charge in [0.05, 0.1) is 11.2 Å². The molecule has 7 nitrogen and oxygen atoms in total. The molecule has 1 atom stereocenters. The first-order valence-electron chi connectivity index (χ1n) is 6.96. The summed E-state index contributed by atoms with van der Waals surface area (Å²) in [7, 11) is -3.76. The Kier molecular flexibility index (Phi) is 3.87. The third-order valence-corrected chi connectivity index (χ3v) is 4.97. The standard InChI is InChI=1S/C15H15NO6S/c1-9-6-11-7-12(2-3-13(11)22-9)23(19,20)16-8-10-4-5-21-14(10)15(17)18/h2-5,7,9,16H,6,8H2,1H3,(H,17,18). The van der Waals surface area contributed by atoms with Crippen LogP contribution in [0.5, 0.6) is 5.75 Å². The summed E-state index contributed by atoms with van der Waals surface area (Å²) < 4.78 is 37.5. The molecule has 0 saturated carbocycles. The predicted molar refractivity (Wildman–Crippen MR) is 79.9 cm³/mol. The third-order valence-electron chi connectivity index (χ3n) is 3.57. The van der Waals surface area contributed by atoms with Crippen molar-refractivity contribution >= 4 is 16.0 Å². The van der Waals surface area contributed by atoms with E-state index in [1.807, 2.05) is 6.92 Å². The van der Waals surface area contributed by atoms with Gasteiger partial charge in [-0.3, -0.25) is 0 Å². The van der Waals surface area contributed by atoms with Crippen molar-refractivity contribution in [3.63, 3.8) is 0 Å². The molecule has 0 bridgehead atoms. The monoisotopic (exact) mass is 337 g/mol. The molecule has 1 aliphatic rings. The molecule has 2 N–H and O–H groups in total. The van der Waals surface area contributed by atoms with E-state index < -0.39 is 16.0 Å². The molecule has 0 amide bonds. The topological polar surface area (TPSA) is 106 Å². The predicted octanol–water partition coefficient (Wildman–Crippen LogP) is 1.78. The normalized spacial score (nSPS) is 16.8. The summed E-state index contributed by atoms with van der Waals surface area (Å²) in [5, 5.41) is 8.95. The Hall–Kier alpha value is -2.32. The molecule has 122 valence electrons. The minimum Gasteiger partial charge on any atom is -0.490 e. The van der Waals surface area contributed by atoms with Crippen LogP contribution in [0.25, 0.3) is 0 Å². The van der Waals surface area contributed by atoms with Crippen molar-refractivity contribution in [2.75, 3.05) is 0 Å². The van der Waals surface area contributed by atoms with Crippen molar-refractivity contribution in [2.45, 2.75) is 30.9 Å². The zero-order valence-electron chi connectivity index (χ0n) is 12.3. The third kappa shape index (κ3) is 3.08. The number of rotatable bonds is 5. The highest BCUT2D eigenvalue weighted by atomic mass is 32.2. The Labute approximate surface area is 132 Å². The van der Waals surface area contributed by atoms with Crippen LogP contribution in [0.4, 0.5) is 0 Å². The van der Waals surface area contributed by atoms with Crippen molar-refractivity contribution in [2.24, 2.45) is 0 Å². The molecule has 0 aliphatic carbocycles. The lowest BCUT2D eigenvalue weighted by Crippen LogP contribution is -2.24. The number of sulfonamides is 1. The van der Waals surface area contributed by atoms with Crippen LogP contribution in [0.15, 0.2) is 39.8 Å². The number of benzene rings is 1.